The van der Waals surface area contributed by atoms with Crippen molar-refractivity contribution in [3.8, 4) is 11.5 Å². The molecular weight excluding hydrogens is 248 g/mol. The number of nitrogens with one attached hydrogen (secondary N) is 2. The van der Waals surface area contributed by atoms with Crippen molar-refractivity contribution in [2.75, 3.05) is 0 Å². The average Bonchev–Trinajstić information content (AvgIpc) is 2.31. The van der Waals surface area contributed by atoms with Gasteiger partial charge in [-0.05, 0) is 31.5 Å². The van der Waals surface area contributed by atoms with Crippen LogP contribution < -0.4 is 10.6 Å². The minimum Gasteiger partial charge on any atom is -0.504 e. The average molecular weight is 262 g/mol. The highest BCUT2D eigenvalue weighted by Gasteiger charge is 2.29. The van der Waals surface area contributed by atoms with E-state index in [2.05, 4.69) is 10.6 Å². The maximum absolute atomic E-state index is 11.7. The molecule has 4 N–H and O–H groups in total. The molecule has 19 heavy (non-hydrogen) atoms. The van der Waals surface area contributed by atoms with Crippen molar-refractivity contribution in [1.82, 2.24) is 10.6 Å². The van der Waals surface area contributed by atoms with Crippen molar-refractivity contribution >= 4 is 11.8 Å². The van der Waals surface area contributed by atoms with Gasteiger partial charge in [-0.15, -0.1) is 0 Å². The van der Waals surface area contributed by atoms with Crippen LogP contribution in [0, 0.1) is 0 Å². The molecule has 1 aliphatic rings. The number of amides is 2. The highest BCUT2D eigenvalue weighted by molar-refractivity contribution is 5.98. The Balaban J connectivity index is 2.51. The summed E-state index contributed by atoms with van der Waals surface area (Å²) in [5.74, 6) is -0.734. The number of ketones is 1. The Morgan fingerprint density at radius 2 is 1.95 bits per heavy atom. The van der Waals surface area contributed by atoms with Gasteiger partial charge in [0.05, 0.1) is 6.04 Å². The number of benzene rings is 1. The van der Waals surface area contributed by atoms with E-state index in [0.29, 0.717) is 16.8 Å². The van der Waals surface area contributed by atoms with E-state index in [1.54, 1.807) is 13.0 Å². The molecule has 0 aromatic heterocycles. The molecule has 0 radical (unpaired) electrons. The predicted molar refractivity (Wildman–Crippen MR) is 67.6 cm³/mol. The van der Waals surface area contributed by atoms with Gasteiger partial charge >= 0.3 is 6.03 Å². The van der Waals surface area contributed by atoms with Crippen LogP contribution in [0.1, 0.15) is 25.5 Å². The Morgan fingerprint density at radius 3 is 2.53 bits per heavy atom. The van der Waals surface area contributed by atoms with Crippen LogP contribution in [-0.4, -0.2) is 22.0 Å². The van der Waals surface area contributed by atoms with E-state index in [1.807, 2.05) is 0 Å². The molecule has 0 bridgehead atoms. The zero-order chi connectivity index (χ0) is 14.2. The van der Waals surface area contributed by atoms with Crippen LogP contribution in [0.15, 0.2) is 29.5 Å². The lowest BCUT2D eigenvalue weighted by Crippen LogP contribution is -2.44. The highest BCUT2D eigenvalue weighted by atomic mass is 16.3. The lowest BCUT2D eigenvalue weighted by molar-refractivity contribution is -0.114. The number of carbonyl (C=O) groups excluding carboxylic acids is 2. The van der Waals surface area contributed by atoms with Gasteiger partial charge in [-0.2, -0.15) is 0 Å². The van der Waals surface area contributed by atoms with Crippen molar-refractivity contribution in [2.24, 2.45) is 0 Å². The molecular formula is C13H14N2O4. The molecule has 1 unspecified atom stereocenters. The Hall–Kier alpha value is -2.50. The third-order valence-electron chi connectivity index (χ3n) is 2.98. The molecule has 0 saturated carbocycles. The second-order valence-corrected chi connectivity index (χ2v) is 4.37. The zero-order valence-electron chi connectivity index (χ0n) is 10.5. The number of urea groups is 1. The lowest BCUT2D eigenvalue weighted by atomic mass is 9.93. The molecule has 2 amide bonds. The summed E-state index contributed by atoms with van der Waals surface area (Å²) in [6.45, 7) is 3.05. The lowest BCUT2D eigenvalue weighted by Gasteiger charge is -2.28. The number of rotatable bonds is 2. The minimum absolute atomic E-state index is 0.178. The number of carbonyl (C=O) groups is 2. The van der Waals surface area contributed by atoms with Crippen LogP contribution >= 0.6 is 0 Å². The first kappa shape index (κ1) is 12.9. The van der Waals surface area contributed by atoms with E-state index in [4.69, 9.17) is 0 Å². The van der Waals surface area contributed by atoms with Crippen molar-refractivity contribution in [3.05, 3.63) is 35.0 Å². The molecule has 0 saturated heterocycles. The molecule has 1 atom stereocenters. The first-order valence-electron chi connectivity index (χ1n) is 5.71. The van der Waals surface area contributed by atoms with Crippen molar-refractivity contribution in [2.45, 2.75) is 19.9 Å². The maximum Gasteiger partial charge on any atom is 0.319 e. The highest BCUT2D eigenvalue weighted by Crippen LogP contribution is 2.32. The fraction of sp³-hybridized carbons (Fsp3) is 0.231. The Kier molecular flexibility index (Phi) is 3.16. The molecule has 1 aromatic rings. The summed E-state index contributed by atoms with van der Waals surface area (Å²) in [5.41, 5.74) is 1.42. The Bertz CT molecular complexity index is 592. The van der Waals surface area contributed by atoms with Gasteiger partial charge in [-0.3, -0.25) is 4.79 Å². The largest absolute Gasteiger partial charge is 0.504 e. The standard InChI is InChI=1S/C13H14N2O4/c1-6-11(7(2)16)12(15-13(19)14-6)8-3-4-9(17)10(18)5-8/h3-5,12,17-18H,1-2H3,(H2,14,15,19). The quantitative estimate of drug-likeness (QED) is 0.604. The smallest absolute Gasteiger partial charge is 0.319 e. The molecule has 0 fully saturated rings. The van der Waals surface area contributed by atoms with Crippen LogP contribution in [0.2, 0.25) is 0 Å². The van der Waals surface area contributed by atoms with Gasteiger partial charge in [-0.25, -0.2) is 4.79 Å². The number of Topliss-reactive ketones (excluding diaryl/α,β-unsaturated/α-hetero) is 1. The summed E-state index contributed by atoms with van der Waals surface area (Å²) in [5, 5.41) is 24.0. The van der Waals surface area contributed by atoms with Gasteiger partial charge in [0, 0.05) is 11.3 Å². The second-order valence-electron chi connectivity index (χ2n) is 4.37. The van der Waals surface area contributed by atoms with Gasteiger partial charge in [0.2, 0.25) is 0 Å². The minimum atomic E-state index is -0.641. The first-order chi connectivity index (χ1) is 8.90. The van der Waals surface area contributed by atoms with E-state index in [-0.39, 0.29) is 17.3 Å². The second kappa shape index (κ2) is 4.64. The van der Waals surface area contributed by atoms with Crippen LogP contribution in [0.4, 0.5) is 4.79 Å². The van der Waals surface area contributed by atoms with Crippen molar-refractivity contribution in [3.63, 3.8) is 0 Å². The zero-order valence-corrected chi connectivity index (χ0v) is 10.5. The molecule has 6 nitrogen and oxygen atoms in total. The monoisotopic (exact) mass is 262 g/mol. The summed E-state index contributed by atoms with van der Waals surface area (Å²) in [7, 11) is 0. The summed E-state index contributed by atoms with van der Waals surface area (Å²) >= 11 is 0. The molecule has 6 heteroatoms. The fourth-order valence-corrected chi connectivity index (χ4v) is 2.13. The van der Waals surface area contributed by atoms with E-state index in [9.17, 15) is 19.8 Å². The first-order valence-corrected chi connectivity index (χ1v) is 5.71. The molecule has 1 aromatic carbocycles. The molecule has 2 rings (SSSR count). The number of phenols is 2. The predicted octanol–water partition coefficient (Wildman–Crippen LogP) is 1.31. The van der Waals surface area contributed by atoms with Crippen molar-refractivity contribution < 1.29 is 19.8 Å². The Morgan fingerprint density at radius 1 is 1.26 bits per heavy atom. The van der Waals surface area contributed by atoms with Crippen molar-refractivity contribution in [1.29, 1.82) is 0 Å². The summed E-state index contributed by atoms with van der Waals surface area (Å²) < 4.78 is 0. The summed E-state index contributed by atoms with van der Waals surface area (Å²) in [4.78, 5) is 23.2. The van der Waals surface area contributed by atoms with E-state index < -0.39 is 12.1 Å². The number of allylic oxidation sites excluding steroid dienone is 1. The van der Waals surface area contributed by atoms with Gasteiger partial charge in [0.25, 0.3) is 0 Å². The van der Waals surface area contributed by atoms with Crippen LogP contribution in [0.25, 0.3) is 0 Å². The van der Waals surface area contributed by atoms with Gasteiger partial charge in [-0.1, -0.05) is 6.07 Å². The fourth-order valence-electron chi connectivity index (χ4n) is 2.13. The number of hydrogen-bond donors (Lipinski definition) is 4. The van der Waals surface area contributed by atoms with Crippen LogP contribution in [0.5, 0.6) is 11.5 Å². The maximum atomic E-state index is 11.7. The van der Waals surface area contributed by atoms with Crippen LogP contribution in [0.3, 0.4) is 0 Å². The number of aromatic hydroxyl groups is 2. The van der Waals surface area contributed by atoms with Gasteiger partial charge in [0.15, 0.2) is 17.3 Å². The summed E-state index contributed by atoms with van der Waals surface area (Å²) in [6.07, 6.45) is 0. The molecule has 1 aliphatic heterocycles. The Labute approximate surface area is 109 Å². The molecule has 0 aliphatic carbocycles. The molecule has 0 spiro atoms. The van der Waals surface area contributed by atoms with Crippen LogP contribution in [-0.2, 0) is 4.79 Å². The third-order valence-corrected chi connectivity index (χ3v) is 2.98. The topological polar surface area (TPSA) is 98.7 Å². The van der Waals surface area contributed by atoms with E-state index >= 15 is 0 Å². The molecule has 100 valence electrons. The molecule has 1 heterocycles. The number of phenolic OH excluding ortho intramolecular Hbond substituents is 2. The number of hydrogen-bond acceptors (Lipinski definition) is 4. The van der Waals surface area contributed by atoms with Gasteiger partial charge in [0.1, 0.15) is 0 Å². The normalized spacial score (nSPS) is 18.8. The third kappa shape index (κ3) is 2.37. The van der Waals surface area contributed by atoms with E-state index in [0.717, 1.165) is 0 Å². The van der Waals surface area contributed by atoms with E-state index in [1.165, 1.54) is 19.1 Å². The SMILES string of the molecule is CC(=O)C1=C(C)NC(=O)NC1c1ccc(O)c(O)c1. The summed E-state index contributed by atoms with van der Waals surface area (Å²) in [6, 6.07) is 3.12. The van der Waals surface area contributed by atoms with Gasteiger partial charge < -0.3 is 20.8 Å².